The SMILES string of the molecule is C/C(O)=C\CC(C)C1c2ccc(OCc3ccccc3)cc2CCC1c1ccc(F)cc1. The predicted octanol–water partition coefficient (Wildman–Crippen LogP) is 7.71. The minimum absolute atomic E-state index is 0.200. The van der Waals surface area contributed by atoms with Crippen molar-refractivity contribution in [1.82, 2.24) is 0 Å². The first-order chi connectivity index (χ1) is 15.5. The normalized spacial score (nSPS) is 19.3. The maximum Gasteiger partial charge on any atom is 0.123 e. The van der Waals surface area contributed by atoms with Gasteiger partial charge in [-0.1, -0.05) is 55.5 Å². The summed E-state index contributed by atoms with van der Waals surface area (Å²) < 4.78 is 19.6. The Hall–Kier alpha value is -3.07. The molecule has 0 amide bonds. The van der Waals surface area contributed by atoms with Crippen LogP contribution >= 0.6 is 0 Å². The smallest absolute Gasteiger partial charge is 0.123 e. The Kier molecular flexibility index (Phi) is 6.94. The van der Waals surface area contributed by atoms with E-state index in [2.05, 4.69) is 37.3 Å². The van der Waals surface area contributed by atoms with Gasteiger partial charge in [-0.25, -0.2) is 4.39 Å². The van der Waals surface area contributed by atoms with Gasteiger partial charge in [0.2, 0.25) is 0 Å². The van der Waals surface area contributed by atoms with Crippen LogP contribution in [0.4, 0.5) is 4.39 Å². The van der Waals surface area contributed by atoms with Crippen LogP contribution in [0.2, 0.25) is 0 Å². The van der Waals surface area contributed by atoms with Crippen LogP contribution < -0.4 is 4.74 Å². The quantitative estimate of drug-likeness (QED) is 0.389. The van der Waals surface area contributed by atoms with E-state index in [1.54, 1.807) is 19.1 Å². The van der Waals surface area contributed by atoms with Gasteiger partial charge >= 0.3 is 0 Å². The van der Waals surface area contributed by atoms with Crippen LogP contribution in [0.1, 0.15) is 60.8 Å². The average molecular weight is 431 g/mol. The number of benzene rings is 3. The number of allylic oxidation sites excluding steroid dienone is 2. The molecule has 0 bridgehead atoms. The second-order valence-corrected chi connectivity index (χ2v) is 8.92. The predicted molar refractivity (Wildman–Crippen MR) is 128 cm³/mol. The molecule has 3 heteroatoms. The van der Waals surface area contributed by atoms with E-state index >= 15 is 0 Å². The van der Waals surface area contributed by atoms with Crippen LogP contribution in [-0.4, -0.2) is 5.11 Å². The summed E-state index contributed by atoms with van der Waals surface area (Å²) in [7, 11) is 0. The molecule has 3 aromatic carbocycles. The Labute approximate surface area is 190 Å². The molecule has 0 radical (unpaired) electrons. The first-order valence-electron chi connectivity index (χ1n) is 11.4. The number of hydrogen-bond donors (Lipinski definition) is 1. The van der Waals surface area contributed by atoms with Crippen molar-refractivity contribution < 1.29 is 14.2 Å². The maximum absolute atomic E-state index is 13.5. The highest BCUT2D eigenvalue weighted by molar-refractivity contribution is 5.43. The Morgan fingerprint density at radius 1 is 1.09 bits per heavy atom. The summed E-state index contributed by atoms with van der Waals surface area (Å²) >= 11 is 0. The highest BCUT2D eigenvalue weighted by Gasteiger charge is 2.34. The van der Waals surface area contributed by atoms with Crippen LogP contribution in [0.3, 0.4) is 0 Å². The molecule has 166 valence electrons. The molecule has 4 rings (SSSR count). The zero-order valence-corrected chi connectivity index (χ0v) is 18.8. The number of fused-ring (bicyclic) bond motifs is 1. The number of ether oxygens (including phenoxy) is 1. The van der Waals surface area contributed by atoms with E-state index in [1.165, 1.54) is 16.7 Å². The van der Waals surface area contributed by atoms with Gasteiger partial charge in [0, 0.05) is 0 Å². The fraction of sp³-hybridized carbons (Fsp3) is 0.310. The van der Waals surface area contributed by atoms with Crippen molar-refractivity contribution in [1.29, 1.82) is 0 Å². The number of rotatable bonds is 7. The molecule has 0 aromatic heterocycles. The lowest BCUT2D eigenvalue weighted by Crippen LogP contribution is -2.24. The summed E-state index contributed by atoms with van der Waals surface area (Å²) in [5.74, 6) is 2.00. The molecule has 0 fully saturated rings. The van der Waals surface area contributed by atoms with E-state index in [9.17, 15) is 9.50 Å². The van der Waals surface area contributed by atoms with Crippen molar-refractivity contribution in [2.45, 2.75) is 51.6 Å². The van der Waals surface area contributed by atoms with Crippen molar-refractivity contribution in [2.24, 2.45) is 5.92 Å². The topological polar surface area (TPSA) is 29.5 Å². The van der Waals surface area contributed by atoms with Crippen LogP contribution in [0.15, 0.2) is 84.6 Å². The lowest BCUT2D eigenvalue weighted by Gasteiger charge is -2.38. The van der Waals surface area contributed by atoms with Crippen molar-refractivity contribution in [3.8, 4) is 5.75 Å². The number of aliphatic hydroxyl groups is 1. The lowest BCUT2D eigenvalue weighted by molar-refractivity contribution is 0.304. The highest BCUT2D eigenvalue weighted by Crippen LogP contribution is 2.48. The molecule has 0 saturated heterocycles. The van der Waals surface area contributed by atoms with Gasteiger partial charge in [0.05, 0.1) is 5.76 Å². The molecule has 1 aliphatic rings. The summed E-state index contributed by atoms with van der Waals surface area (Å²) in [6, 6.07) is 23.6. The second kappa shape index (κ2) is 10.0. The Morgan fingerprint density at radius 3 is 2.56 bits per heavy atom. The van der Waals surface area contributed by atoms with Crippen molar-refractivity contribution in [3.63, 3.8) is 0 Å². The molecule has 0 spiro atoms. The van der Waals surface area contributed by atoms with E-state index < -0.39 is 0 Å². The van der Waals surface area contributed by atoms with Crippen molar-refractivity contribution in [3.05, 3.63) is 113 Å². The zero-order valence-electron chi connectivity index (χ0n) is 18.8. The molecule has 3 aromatic rings. The molecule has 0 aliphatic heterocycles. The summed E-state index contributed by atoms with van der Waals surface area (Å²) in [6.45, 7) is 4.52. The third kappa shape index (κ3) is 5.21. The minimum atomic E-state index is -0.200. The van der Waals surface area contributed by atoms with Gasteiger partial charge in [0.1, 0.15) is 18.2 Å². The molecule has 0 saturated carbocycles. The molecule has 3 unspecified atom stereocenters. The van der Waals surface area contributed by atoms with Crippen LogP contribution in [0.25, 0.3) is 0 Å². The van der Waals surface area contributed by atoms with E-state index in [-0.39, 0.29) is 5.82 Å². The molecular formula is C29H31FO2. The van der Waals surface area contributed by atoms with Gasteiger partial charge < -0.3 is 9.84 Å². The fourth-order valence-corrected chi connectivity index (χ4v) is 4.95. The van der Waals surface area contributed by atoms with Gasteiger partial charge in [-0.15, -0.1) is 0 Å². The molecule has 1 aliphatic carbocycles. The van der Waals surface area contributed by atoms with E-state index in [1.807, 2.05) is 36.4 Å². The Bertz CT molecular complexity index is 1050. The first-order valence-corrected chi connectivity index (χ1v) is 11.4. The zero-order chi connectivity index (χ0) is 22.5. The van der Waals surface area contributed by atoms with E-state index in [0.29, 0.717) is 30.1 Å². The third-order valence-electron chi connectivity index (χ3n) is 6.58. The molecule has 3 atom stereocenters. The van der Waals surface area contributed by atoms with Gasteiger partial charge in [-0.2, -0.15) is 0 Å². The van der Waals surface area contributed by atoms with Crippen LogP contribution in [-0.2, 0) is 13.0 Å². The van der Waals surface area contributed by atoms with Gasteiger partial charge in [-0.3, -0.25) is 0 Å². The number of halogens is 1. The Balaban J connectivity index is 1.61. The van der Waals surface area contributed by atoms with Crippen LogP contribution in [0.5, 0.6) is 5.75 Å². The summed E-state index contributed by atoms with van der Waals surface area (Å²) in [5, 5.41) is 9.70. The standard InChI is InChI=1S/C29H31FO2/c1-20(8-9-21(2)31)29-27(23-10-13-25(30)14-11-23)16-12-24-18-26(15-17-28(24)29)32-19-22-6-4-3-5-7-22/h3-7,9-11,13-15,17-18,20,27,29,31H,8,12,16,19H2,1-2H3/b21-9+. The lowest BCUT2D eigenvalue weighted by atomic mass is 9.66. The van der Waals surface area contributed by atoms with Gasteiger partial charge in [0.25, 0.3) is 0 Å². The second-order valence-electron chi connectivity index (χ2n) is 8.92. The minimum Gasteiger partial charge on any atom is -0.513 e. The summed E-state index contributed by atoms with van der Waals surface area (Å²) in [5.41, 5.74) is 5.01. The third-order valence-corrected chi connectivity index (χ3v) is 6.58. The number of aryl methyl sites for hydroxylation is 1. The fourth-order valence-electron chi connectivity index (χ4n) is 4.95. The average Bonchev–Trinajstić information content (AvgIpc) is 2.81. The highest BCUT2D eigenvalue weighted by atomic mass is 19.1. The molecular weight excluding hydrogens is 399 g/mol. The van der Waals surface area contributed by atoms with Gasteiger partial charge in [0.15, 0.2) is 0 Å². The molecule has 32 heavy (non-hydrogen) atoms. The number of hydrogen-bond acceptors (Lipinski definition) is 2. The van der Waals surface area contributed by atoms with E-state index in [0.717, 1.165) is 30.6 Å². The molecule has 2 nitrogen and oxygen atoms in total. The number of aliphatic hydroxyl groups excluding tert-OH is 1. The first kappa shape index (κ1) is 22.1. The summed E-state index contributed by atoms with van der Waals surface area (Å²) in [4.78, 5) is 0. The molecule has 1 N–H and O–H groups in total. The largest absolute Gasteiger partial charge is 0.513 e. The van der Waals surface area contributed by atoms with Gasteiger partial charge in [-0.05, 0) is 96.5 Å². The van der Waals surface area contributed by atoms with Crippen LogP contribution in [0, 0.1) is 11.7 Å². The summed E-state index contributed by atoms with van der Waals surface area (Å²) in [6.07, 6.45) is 4.68. The molecule has 0 heterocycles. The maximum atomic E-state index is 13.5. The van der Waals surface area contributed by atoms with Crippen molar-refractivity contribution in [2.75, 3.05) is 0 Å². The van der Waals surface area contributed by atoms with Crippen molar-refractivity contribution >= 4 is 0 Å². The monoisotopic (exact) mass is 430 g/mol. The van der Waals surface area contributed by atoms with E-state index in [4.69, 9.17) is 4.74 Å². The Morgan fingerprint density at radius 2 is 1.84 bits per heavy atom.